The number of hydrogen-bond donors (Lipinski definition) is 2. The highest BCUT2D eigenvalue weighted by molar-refractivity contribution is 7.92. The smallest absolute Gasteiger partial charge is 0.261 e. The van der Waals surface area contributed by atoms with Crippen molar-refractivity contribution in [1.29, 1.82) is 0 Å². The van der Waals surface area contributed by atoms with Gasteiger partial charge in [0.25, 0.3) is 15.9 Å². The molecule has 0 aliphatic rings. The molecule has 6 nitrogen and oxygen atoms in total. The summed E-state index contributed by atoms with van der Waals surface area (Å²) < 4.78 is 28.1. The maximum absolute atomic E-state index is 12.7. The van der Waals surface area contributed by atoms with Crippen LogP contribution in [0.4, 0.5) is 5.69 Å². The molecule has 0 aliphatic heterocycles. The number of benzene rings is 2. The first kappa shape index (κ1) is 20.9. The zero-order chi connectivity index (χ0) is 20.0. The first-order valence-electron chi connectivity index (χ1n) is 8.83. The van der Waals surface area contributed by atoms with Crippen LogP contribution in [0.1, 0.15) is 27.9 Å². The zero-order valence-electron chi connectivity index (χ0n) is 16.2. The lowest BCUT2D eigenvalue weighted by Crippen LogP contribution is -2.27. The Bertz CT molecular complexity index is 908. The number of rotatable bonds is 8. The van der Waals surface area contributed by atoms with Crippen molar-refractivity contribution < 1.29 is 13.2 Å². The average Bonchev–Trinajstić information content (AvgIpc) is 2.62. The molecule has 27 heavy (non-hydrogen) atoms. The number of sulfonamides is 1. The first-order chi connectivity index (χ1) is 12.7. The highest BCUT2D eigenvalue weighted by atomic mass is 32.2. The van der Waals surface area contributed by atoms with Crippen molar-refractivity contribution in [3.05, 3.63) is 59.2 Å². The number of nitrogens with one attached hydrogen (secondary N) is 2. The molecule has 0 bridgehead atoms. The number of carbonyl (C=O) groups excluding carboxylic acids is 1. The van der Waals surface area contributed by atoms with Crippen LogP contribution in [0.2, 0.25) is 0 Å². The van der Waals surface area contributed by atoms with Gasteiger partial charge in [-0.25, -0.2) is 8.42 Å². The third kappa shape index (κ3) is 5.80. The first-order valence-corrected chi connectivity index (χ1v) is 10.3. The minimum Gasteiger partial charge on any atom is -0.352 e. The fourth-order valence-electron chi connectivity index (χ4n) is 2.57. The van der Waals surface area contributed by atoms with Crippen molar-refractivity contribution in [1.82, 2.24) is 10.2 Å². The predicted octanol–water partition coefficient (Wildman–Crippen LogP) is 2.79. The van der Waals surface area contributed by atoms with E-state index in [-0.39, 0.29) is 10.8 Å². The Morgan fingerprint density at radius 2 is 1.78 bits per heavy atom. The van der Waals surface area contributed by atoms with Gasteiger partial charge in [0.2, 0.25) is 0 Å². The standard InChI is InChI=1S/C20H27N3O3S/c1-15-8-5-11-19(16(15)2)22-27(25,26)18-10-6-9-17(14-18)20(24)21-12-7-13-23(3)4/h5-6,8-11,14,22H,7,12-13H2,1-4H3,(H,21,24). The number of aryl methyl sites for hydroxylation is 1. The van der Waals surface area contributed by atoms with Gasteiger partial charge in [0.15, 0.2) is 0 Å². The quantitative estimate of drug-likeness (QED) is 0.681. The molecule has 2 rings (SSSR count). The second-order valence-corrected chi connectivity index (χ2v) is 8.48. The summed E-state index contributed by atoms with van der Waals surface area (Å²) in [6.45, 7) is 5.20. The third-order valence-corrected chi connectivity index (χ3v) is 5.69. The number of amides is 1. The van der Waals surface area contributed by atoms with E-state index in [1.807, 2.05) is 38.9 Å². The van der Waals surface area contributed by atoms with Gasteiger partial charge >= 0.3 is 0 Å². The number of carbonyl (C=O) groups is 1. The van der Waals surface area contributed by atoms with Gasteiger partial charge in [-0.3, -0.25) is 9.52 Å². The monoisotopic (exact) mass is 389 g/mol. The van der Waals surface area contributed by atoms with Crippen LogP contribution in [0.5, 0.6) is 0 Å². The van der Waals surface area contributed by atoms with Crippen molar-refractivity contribution in [2.24, 2.45) is 0 Å². The van der Waals surface area contributed by atoms with Crippen LogP contribution in [0.15, 0.2) is 47.4 Å². The van der Waals surface area contributed by atoms with Crippen LogP contribution in [0, 0.1) is 13.8 Å². The molecule has 2 aromatic rings. The van der Waals surface area contributed by atoms with Crippen LogP contribution >= 0.6 is 0 Å². The van der Waals surface area contributed by atoms with Gasteiger partial charge < -0.3 is 10.2 Å². The van der Waals surface area contributed by atoms with E-state index >= 15 is 0 Å². The molecule has 0 radical (unpaired) electrons. The Morgan fingerprint density at radius 3 is 2.48 bits per heavy atom. The highest BCUT2D eigenvalue weighted by Crippen LogP contribution is 2.22. The van der Waals surface area contributed by atoms with Gasteiger partial charge in [0.1, 0.15) is 0 Å². The normalized spacial score (nSPS) is 11.4. The molecular formula is C20H27N3O3S. The molecule has 0 aromatic heterocycles. The van der Waals surface area contributed by atoms with Crippen molar-refractivity contribution in [3.8, 4) is 0 Å². The molecular weight excluding hydrogens is 362 g/mol. The molecule has 1 amide bonds. The summed E-state index contributed by atoms with van der Waals surface area (Å²) in [6.07, 6.45) is 0.824. The molecule has 0 saturated heterocycles. The molecule has 0 aliphatic carbocycles. The number of hydrogen-bond acceptors (Lipinski definition) is 4. The topological polar surface area (TPSA) is 78.5 Å². The maximum atomic E-state index is 12.7. The number of nitrogens with zero attached hydrogens (tertiary/aromatic N) is 1. The lowest BCUT2D eigenvalue weighted by molar-refractivity contribution is 0.0952. The van der Waals surface area contributed by atoms with Crippen LogP contribution in [0.3, 0.4) is 0 Å². The van der Waals surface area contributed by atoms with Crippen molar-refractivity contribution >= 4 is 21.6 Å². The SMILES string of the molecule is Cc1cccc(NS(=O)(=O)c2cccc(C(=O)NCCCN(C)C)c2)c1C. The van der Waals surface area contributed by atoms with Crippen molar-refractivity contribution in [2.75, 3.05) is 31.9 Å². The highest BCUT2D eigenvalue weighted by Gasteiger charge is 2.17. The molecule has 0 saturated carbocycles. The van der Waals surface area contributed by atoms with E-state index in [1.165, 1.54) is 12.1 Å². The van der Waals surface area contributed by atoms with Crippen LogP contribution in [-0.4, -0.2) is 46.4 Å². The van der Waals surface area contributed by atoms with Gasteiger partial charge in [-0.2, -0.15) is 0 Å². The van der Waals surface area contributed by atoms with E-state index in [9.17, 15) is 13.2 Å². The second kappa shape index (κ2) is 9.01. The van der Waals surface area contributed by atoms with E-state index in [0.717, 1.165) is 24.1 Å². The molecule has 0 unspecified atom stereocenters. The van der Waals surface area contributed by atoms with Crippen molar-refractivity contribution in [3.63, 3.8) is 0 Å². The zero-order valence-corrected chi connectivity index (χ0v) is 17.1. The summed E-state index contributed by atoms with van der Waals surface area (Å²) in [5.74, 6) is -0.280. The van der Waals surface area contributed by atoms with Crippen LogP contribution < -0.4 is 10.0 Å². The van der Waals surface area contributed by atoms with Gasteiger partial charge in [0.05, 0.1) is 10.6 Å². The Balaban J connectivity index is 2.13. The Hall–Kier alpha value is -2.38. The summed E-state index contributed by atoms with van der Waals surface area (Å²) >= 11 is 0. The fourth-order valence-corrected chi connectivity index (χ4v) is 3.74. The Labute approximate surface area is 161 Å². The largest absolute Gasteiger partial charge is 0.352 e. The lowest BCUT2D eigenvalue weighted by Gasteiger charge is -2.13. The molecule has 0 fully saturated rings. The van der Waals surface area contributed by atoms with E-state index in [1.54, 1.807) is 24.3 Å². The molecule has 0 atom stereocenters. The van der Waals surface area contributed by atoms with Gasteiger partial charge in [0, 0.05) is 12.1 Å². The van der Waals surface area contributed by atoms with Crippen molar-refractivity contribution in [2.45, 2.75) is 25.2 Å². The summed E-state index contributed by atoms with van der Waals surface area (Å²) in [7, 11) is 0.161. The minimum absolute atomic E-state index is 0.0596. The van der Waals surface area contributed by atoms with Gasteiger partial charge in [-0.15, -0.1) is 0 Å². The molecule has 146 valence electrons. The molecule has 0 heterocycles. The van der Waals surface area contributed by atoms with Crippen LogP contribution in [-0.2, 0) is 10.0 Å². The molecule has 0 spiro atoms. The Kier molecular flexibility index (Phi) is 6.98. The number of anilines is 1. The van der Waals surface area contributed by atoms with E-state index in [4.69, 9.17) is 0 Å². The van der Waals surface area contributed by atoms with Gasteiger partial charge in [-0.1, -0.05) is 18.2 Å². The third-order valence-electron chi connectivity index (χ3n) is 4.32. The summed E-state index contributed by atoms with van der Waals surface area (Å²) in [5, 5.41) is 2.82. The summed E-state index contributed by atoms with van der Waals surface area (Å²) in [4.78, 5) is 14.4. The second-order valence-electron chi connectivity index (χ2n) is 6.79. The van der Waals surface area contributed by atoms with E-state index in [0.29, 0.717) is 17.8 Å². The predicted molar refractivity (Wildman–Crippen MR) is 109 cm³/mol. The van der Waals surface area contributed by atoms with Crippen LogP contribution in [0.25, 0.3) is 0 Å². The lowest BCUT2D eigenvalue weighted by atomic mass is 10.1. The molecule has 2 N–H and O–H groups in total. The minimum atomic E-state index is -3.78. The van der Waals surface area contributed by atoms with E-state index in [2.05, 4.69) is 10.0 Å². The van der Waals surface area contributed by atoms with Gasteiger partial charge in [-0.05, 0) is 76.3 Å². The summed E-state index contributed by atoms with van der Waals surface area (Å²) in [5.41, 5.74) is 2.73. The average molecular weight is 390 g/mol. The molecule has 2 aromatic carbocycles. The maximum Gasteiger partial charge on any atom is 0.261 e. The van der Waals surface area contributed by atoms with E-state index < -0.39 is 10.0 Å². The molecule has 7 heteroatoms. The fraction of sp³-hybridized carbons (Fsp3) is 0.350. The Morgan fingerprint density at radius 1 is 1.07 bits per heavy atom. The summed E-state index contributed by atoms with van der Waals surface area (Å²) in [6, 6.07) is 11.5.